The average molecular weight is 671 g/mol. The van der Waals surface area contributed by atoms with Gasteiger partial charge in [0.25, 0.3) is 0 Å². The number of hydrogen-bond acceptors (Lipinski definition) is 3. The number of benzene rings is 8. The van der Waals surface area contributed by atoms with E-state index in [1.807, 2.05) is 0 Å². The summed E-state index contributed by atoms with van der Waals surface area (Å²) in [6, 6.07) is 61.9. The summed E-state index contributed by atoms with van der Waals surface area (Å²) in [4.78, 5) is 7.63. The summed E-state index contributed by atoms with van der Waals surface area (Å²) in [5, 5.41) is 5.89. The van der Waals surface area contributed by atoms with Crippen LogP contribution >= 0.6 is 11.3 Å². The van der Waals surface area contributed by atoms with Crippen molar-refractivity contribution >= 4 is 60.2 Å². The Hall–Kier alpha value is -6.03. The molecule has 1 aliphatic rings. The summed E-state index contributed by atoms with van der Waals surface area (Å²) >= 11 is 1.76. The Kier molecular flexibility index (Phi) is 6.74. The molecule has 0 spiro atoms. The number of fused-ring (bicyclic) bond motifs is 8. The molecule has 0 unspecified atom stereocenters. The third-order valence-corrected chi connectivity index (χ3v) is 11.7. The van der Waals surface area contributed by atoms with Gasteiger partial charge in [0.15, 0.2) is 0 Å². The van der Waals surface area contributed by atoms with Gasteiger partial charge in [0.1, 0.15) is 5.01 Å². The fourth-order valence-corrected chi connectivity index (χ4v) is 9.06. The molecule has 2 nitrogen and oxygen atoms in total. The van der Waals surface area contributed by atoms with Crippen molar-refractivity contribution in [2.75, 3.05) is 4.90 Å². The summed E-state index contributed by atoms with van der Waals surface area (Å²) in [5.74, 6) is 0. The van der Waals surface area contributed by atoms with Crippen molar-refractivity contribution in [2.24, 2.45) is 0 Å². The molecule has 9 aromatic rings. The third-order valence-electron chi connectivity index (χ3n) is 10.7. The first-order chi connectivity index (χ1) is 25.0. The largest absolute Gasteiger partial charge is 0.310 e. The van der Waals surface area contributed by atoms with Crippen LogP contribution in [0.2, 0.25) is 0 Å². The minimum absolute atomic E-state index is 0.0927. The van der Waals surface area contributed by atoms with Crippen LogP contribution < -0.4 is 4.90 Å². The normalized spacial score (nSPS) is 13.1. The Labute approximate surface area is 301 Å². The molecule has 10 rings (SSSR count). The van der Waals surface area contributed by atoms with E-state index in [-0.39, 0.29) is 5.41 Å². The first-order valence-corrected chi connectivity index (χ1v) is 18.4. The maximum Gasteiger partial charge on any atom is 0.124 e. The standard InChI is InChI=1S/C48H34N2S/c1-48(2)42-16-10-9-15-40(42)41-27-25-38(30-43(41)48)50(36-22-19-32(20-23-36)31-11-5-3-6-12-31)37-24-26-39-35(29-37)18-17-33-21-28-44-46(45(33)39)49-47(51-44)34-13-7-4-8-14-34/h3-30H,1-2H3. The number of aromatic nitrogens is 1. The van der Waals surface area contributed by atoms with Gasteiger partial charge >= 0.3 is 0 Å². The Morgan fingerprint density at radius 3 is 1.90 bits per heavy atom. The smallest absolute Gasteiger partial charge is 0.124 e. The van der Waals surface area contributed by atoms with Gasteiger partial charge in [0.2, 0.25) is 0 Å². The van der Waals surface area contributed by atoms with Crippen molar-refractivity contribution in [1.29, 1.82) is 0 Å². The third kappa shape index (κ3) is 4.80. The molecule has 3 heteroatoms. The SMILES string of the molecule is CC1(C)c2ccccc2-c2ccc(N(c3ccc(-c4ccccc4)cc3)c3ccc4c(ccc5ccc6sc(-c7ccccc7)nc6c54)c3)cc21. The first-order valence-electron chi connectivity index (χ1n) is 17.5. The van der Waals surface area contributed by atoms with Gasteiger partial charge in [-0.05, 0) is 92.0 Å². The molecule has 51 heavy (non-hydrogen) atoms. The van der Waals surface area contributed by atoms with Gasteiger partial charge in [0, 0.05) is 33.4 Å². The summed E-state index contributed by atoms with van der Waals surface area (Å²) in [5.41, 5.74) is 13.4. The Balaban J connectivity index is 1.14. The van der Waals surface area contributed by atoms with E-state index < -0.39 is 0 Å². The van der Waals surface area contributed by atoms with E-state index in [0.29, 0.717) is 0 Å². The van der Waals surface area contributed by atoms with Gasteiger partial charge in [-0.25, -0.2) is 4.98 Å². The van der Waals surface area contributed by atoms with Gasteiger partial charge < -0.3 is 4.90 Å². The zero-order chi connectivity index (χ0) is 34.1. The maximum absolute atomic E-state index is 5.22. The molecule has 0 atom stereocenters. The lowest BCUT2D eigenvalue weighted by Gasteiger charge is -2.28. The molecule has 0 amide bonds. The lowest BCUT2D eigenvalue weighted by molar-refractivity contribution is 0.660. The van der Waals surface area contributed by atoms with Gasteiger partial charge in [-0.15, -0.1) is 11.3 Å². The number of rotatable bonds is 5. The predicted molar refractivity (Wildman–Crippen MR) is 218 cm³/mol. The lowest BCUT2D eigenvalue weighted by Crippen LogP contribution is -2.16. The lowest BCUT2D eigenvalue weighted by atomic mass is 9.82. The average Bonchev–Trinajstić information content (AvgIpc) is 3.72. The highest BCUT2D eigenvalue weighted by Crippen LogP contribution is 2.51. The molecule has 0 N–H and O–H groups in total. The second-order valence-corrected chi connectivity index (χ2v) is 15.0. The topological polar surface area (TPSA) is 16.1 Å². The molecule has 0 aliphatic heterocycles. The van der Waals surface area contributed by atoms with Crippen LogP contribution in [-0.2, 0) is 5.41 Å². The van der Waals surface area contributed by atoms with E-state index in [2.05, 4.69) is 189 Å². The summed E-state index contributed by atoms with van der Waals surface area (Å²) < 4.78 is 1.21. The maximum atomic E-state index is 5.22. The van der Waals surface area contributed by atoms with E-state index in [0.717, 1.165) is 33.1 Å². The summed E-state index contributed by atoms with van der Waals surface area (Å²) in [6.45, 7) is 4.70. The molecular weight excluding hydrogens is 637 g/mol. The highest BCUT2D eigenvalue weighted by molar-refractivity contribution is 7.21. The summed E-state index contributed by atoms with van der Waals surface area (Å²) in [7, 11) is 0. The Morgan fingerprint density at radius 1 is 0.490 bits per heavy atom. The van der Waals surface area contributed by atoms with Crippen molar-refractivity contribution < 1.29 is 0 Å². The molecule has 0 fully saturated rings. The fraction of sp³-hybridized carbons (Fsp3) is 0.0625. The molecule has 0 bridgehead atoms. The van der Waals surface area contributed by atoms with Crippen LogP contribution in [0.4, 0.5) is 17.1 Å². The highest BCUT2D eigenvalue weighted by Gasteiger charge is 2.35. The fourth-order valence-electron chi connectivity index (χ4n) is 8.08. The van der Waals surface area contributed by atoms with Gasteiger partial charge in [0.05, 0.1) is 10.2 Å². The summed E-state index contributed by atoms with van der Waals surface area (Å²) in [6.07, 6.45) is 0. The van der Waals surface area contributed by atoms with Crippen LogP contribution in [0.25, 0.3) is 64.6 Å². The van der Waals surface area contributed by atoms with Crippen LogP contribution in [0.5, 0.6) is 0 Å². The van der Waals surface area contributed by atoms with Crippen LogP contribution in [0.3, 0.4) is 0 Å². The van der Waals surface area contributed by atoms with Crippen LogP contribution in [0.1, 0.15) is 25.0 Å². The number of thiazole rings is 1. The minimum atomic E-state index is -0.0927. The van der Waals surface area contributed by atoms with Gasteiger partial charge in [-0.3, -0.25) is 0 Å². The van der Waals surface area contributed by atoms with Crippen molar-refractivity contribution in [3.63, 3.8) is 0 Å². The Bertz CT molecular complexity index is 2760. The van der Waals surface area contributed by atoms with Crippen molar-refractivity contribution in [1.82, 2.24) is 4.98 Å². The van der Waals surface area contributed by atoms with Crippen LogP contribution in [-0.4, -0.2) is 4.98 Å². The van der Waals surface area contributed by atoms with Gasteiger partial charge in [-0.1, -0.05) is 141 Å². The number of hydrogen-bond donors (Lipinski definition) is 0. The second-order valence-electron chi connectivity index (χ2n) is 14.0. The van der Waals surface area contributed by atoms with E-state index in [4.69, 9.17) is 4.98 Å². The highest BCUT2D eigenvalue weighted by atomic mass is 32.1. The van der Waals surface area contributed by atoms with Crippen molar-refractivity contribution in [2.45, 2.75) is 19.3 Å². The molecule has 1 heterocycles. The Morgan fingerprint density at radius 2 is 1.10 bits per heavy atom. The first kappa shape index (κ1) is 29.8. The number of anilines is 3. The minimum Gasteiger partial charge on any atom is -0.310 e. The van der Waals surface area contributed by atoms with Crippen molar-refractivity contribution in [3.8, 4) is 32.8 Å². The van der Waals surface area contributed by atoms with E-state index in [1.165, 1.54) is 59.6 Å². The quantitative estimate of drug-likeness (QED) is 0.169. The van der Waals surface area contributed by atoms with E-state index in [1.54, 1.807) is 11.3 Å². The molecule has 1 aromatic heterocycles. The number of nitrogens with zero attached hydrogens (tertiary/aromatic N) is 2. The molecular formula is C48H34N2S. The van der Waals surface area contributed by atoms with Gasteiger partial charge in [-0.2, -0.15) is 0 Å². The molecule has 0 saturated heterocycles. The molecule has 8 aromatic carbocycles. The zero-order valence-electron chi connectivity index (χ0n) is 28.5. The molecule has 0 radical (unpaired) electrons. The van der Waals surface area contributed by atoms with Crippen molar-refractivity contribution in [3.05, 3.63) is 181 Å². The van der Waals surface area contributed by atoms with Crippen LogP contribution in [0, 0.1) is 0 Å². The van der Waals surface area contributed by atoms with E-state index >= 15 is 0 Å². The molecule has 1 aliphatic carbocycles. The monoisotopic (exact) mass is 670 g/mol. The van der Waals surface area contributed by atoms with E-state index in [9.17, 15) is 0 Å². The predicted octanol–water partition coefficient (Wildman–Crippen LogP) is 13.7. The van der Waals surface area contributed by atoms with Crippen LogP contribution in [0.15, 0.2) is 170 Å². The zero-order valence-corrected chi connectivity index (χ0v) is 29.3. The second kappa shape index (κ2) is 11.5. The molecule has 242 valence electrons. The molecule has 0 saturated carbocycles.